The Labute approximate surface area is 250 Å². The molecule has 0 bridgehead atoms. The summed E-state index contributed by atoms with van der Waals surface area (Å²) in [5.74, 6) is 0.811. The molecule has 0 radical (unpaired) electrons. The number of nitrogens with zero attached hydrogens (tertiary/aromatic N) is 7. The summed E-state index contributed by atoms with van der Waals surface area (Å²) in [5, 5.41) is 8.18. The van der Waals surface area contributed by atoms with Crippen molar-refractivity contribution in [3.8, 4) is 11.6 Å². The molecule has 4 rings (SSSR count). The number of benzene rings is 1. The first kappa shape index (κ1) is 32.0. The third-order valence-electron chi connectivity index (χ3n) is 8.82. The van der Waals surface area contributed by atoms with E-state index in [-0.39, 0.29) is 34.6 Å². The number of methoxy groups -OCH3 is 1. The Morgan fingerprint density at radius 1 is 1.14 bits per heavy atom. The molecule has 42 heavy (non-hydrogen) atoms. The molecule has 1 aromatic heterocycles. The Kier molecular flexibility index (Phi) is 10.7. The quantitative estimate of drug-likeness (QED) is 0.324. The predicted molar refractivity (Wildman–Crippen MR) is 162 cm³/mol. The molecule has 0 aliphatic carbocycles. The molecule has 2 saturated heterocycles. The molecule has 1 spiro atoms. The second-order valence-corrected chi connectivity index (χ2v) is 12.7. The van der Waals surface area contributed by atoms with Crippen molar-refractivity contribution in [3.63, 3.8) is 0 Å². The van der Waals surface area contributed by atoms with Crippen molar-refractivity contribution < 1.29 is 18.7 Å². The molecule has 1 amide bonds. The van der Waals surface area contributed by atoms with Crippen LogP contribution in [0.25, 0.3) is 0 Å². The number of rotatable bonds is 14. The number of likely N-dealkylation sites (N-methyl/N-ethyl adjacent to an activating group) is 1. The summed E-state index contributed by atoms with van der Waals surface area (Å²) in [6, 6.07) is 4.46. The normalized spacial score (nSPS) is 17.4. The van der Waals surface area contributed by atoms with Gasteiger partial charge in [0.2, 0.25) is 0 Å². The lowest BCUT2D eigenvalue weighted by Gasteiger charge is -2.53. The van der Waals surface area contributed by atoms with Crippen LogP contribution in [0.2, 0.25) is 0 Å². The van der Waals surface area contributed by atoms with Gasteiger partial charge in [-0.1, -0.05) is 13.8 Å². The Bertz CT molecular complexity index is 1190. The second-order valence-electron chi connectivity index (χ2n) is 12.7. The number of carbonyl (C=O) groups excluding carboxylic acids is 1. The molecule has 2 fully saturated rings. The van der Waals surface area contributed by atoms with E-state index in [4.69, 9.17) is 9.47 Å². The van der Waals surface area contributed by atoms with Gasteiger partial charge >= 0.3 is 0 Å². The van der Waals surface area contributed by atoms with E-state index in [2.05, 4.69) is 50.8 Å². The Hall–Kier alpha value is -2.89. The van der Waals surface area contributed by atoms with Crippen molar-refractivity contribution in [1.29, 1.82) is 0 Å². The molecule has 1 atom stereocenters. The fourth-order valence-electron chi connectivity index (χ4n) is 6.12. The maximum absolute atomic E-state index is 14.2. The molecule has 0 saturated carbocycles. The van der Waals surface area contributed by atoms with Crippen LogP contribution >= 0.6 is 0 Å². The fourth-order valence-corrected chi connectivity index (χ4v) is 6.12. The number of likely N-dealkylation sites (tertiary alicyclic amines) is 1. The van der Waals surface area contributed by atoms with Gasteiger partial charge in [0.25, 0.3) is 11.8 Å². The number of hydrogen-bond donors (Lipinski definition) is 0. The third kappa shape index (κ3) is 7.54. The van der Waals surface area contributed by atoms with Crippen molar-refractivity contribution in [2.45, 2.75) is 59.0 Å². The standard InChI is InChI=1S/C31H48FN7O3/c1-22(2)26(9-8-13-36(5)15-16-41-7)39-19-31(20-39)12-14-38(18-31)28-29(35-34-21-33-28)42-27-11-10-24(32)17-25(27)30(40)37(6)23(3)4/h10-11,17,21-23,26H,8-9,12-16,18-20H2,1-7H3/t26-/m1/s1. The highest BCUT2D eigenvalue weighted by molar-refractivity contribution is 5.97. The van der Waals surface area contributed by atoms with Gasteiger partial charge in [0.1, 0.15) is 17.9 Å². The molecular formula is C31H48FN7O3. The van der Waals surface area contributed by atoms with Gasteiger partial charge in [0.05, 0.1) is 12.2 Å². The van der Waals surface area contributed by atoms with E-state index in [1.54, 1.807) is 19.1 Å². The first-order valence-corrected chi connectivity index (χ1v) is 15.1. The van der Waals surface area contributed by atoms with E-state index in [0.717, 1.165) is 52.3 Å². The highest BCUT2D eigenvalue weighted by atomic mass is 19.1. The van der Waals surface area contributed by atoms with Crippen LogP contribution in [-0.4, -0.2) is 115 Å². The molecule has 2 aromatic rings. The highest BCUT2D eigenvalue weighted by Gasteiger charge is 2.50. The summed E-state index contributed by atoms with van der Waals surface area (Å²) in [7, 11) is 5.60. The first-order chi connectivity index (χ1) is 20.0. The van der Waals surface area contributed by atoms with Crippen LogP contribution < -0.4 is 9.64 Å². The Morgan fingerprint density at radius 3 is 2.60 bits per heavy atom. The van der Waals surface area contributed by atoms with Crippen molar-refractivity contribution in [1.82, 2.24) is 29.9 Å². The summed E-state index contributed by atoms with van der Waals surface area (Å²) < 4.78 is 25.5. The molecule has 2 aliphatic heterocycles. The van der Waals surface area contributed by atoms with Gasteiger partial charge in [-0.25, -0.2) is 9.37 Å². The van der Waals surface area contributed by atoms with Crippen LogP contribution in [0, 0.1) is 17.2 Å². The zero-order chi connectivity index (χ0) is 30.4. The Balaban J connectivity index is 1.41. The average molecular weight is 586 g/mol. The van der Waals surface area contributed by atoms with Crippen LogP contribution in [0.3, 0.4) is 0 Å². The van der Waals surface area contributed by atoms with Crippen molar-refractivity contribution in [3.05, 3.63) is 35.9 Å². The maximum atomic E-state index is 14.2. The second kappa shape index (κ2) is 14.1. The molecule has 11 heteroatoms. The van der Waals surface area contributed by atoms with E-state index in [9.17, 15) is 9.18 Å². The van der Waals surface area contributed by atoms with Crippen molar-refractivity contribution >= 4 is 11.7 Å². The van der Waals surface area contributed by atoms with E-state index < -0.39 is 5.82 Å². The number of amides is 1. The first-order valence-electron chi connectivity index (χ1n) is 15.1. The van der Waals surface area contributed by atoms with Crippen molar-refractivity contribution in [2.24, 2.45) is 11.3 Å². The van der Waals surface area contributed by atoms with Gasteiger partial charge in [-0.3, -0.25) is 9.69 Å². The van der Waals surface area contributed by atoms with Gasteiger partial charge in [0.15, 0.2) is 5.82 Å². The summed E-state index contributed by atoms with van der Waals surface area (Å²) in [6.07, 6.45) is 4.85. The molecule has 0 unspecified atom stereocenters. The number of halogens is 1. The minimum Gasteiger partial charge on any atom is -0.434 e. The van der Waals surface area contributed by atoms with Crippen LogP contribution in [0.4, 0.5) is 10.2 Å². The van der Waals surface area contributed by atoms with E-state index >= 15 is 0 Å². The highest BCUT2D eigenvalue weighted by Crippen LogP contribution is 2.44. The fraction of sp³-hybridized carbons (Fsp3) is 0.677. The van der Waals surface area contributed by atoms with Gasteiger partial charge in [-0.2, -0.15) is 0 Å². The predicted octanol–water partition coefficient (Wildman–Crippen LogP) is 4.18. The molecule has 1 aromatic carbocycles. The SMILES string of the molecule is COCCN(C)CCC[C@H](C(C)C)N1CC2(CCN(c3ncnnc3Oc3ccc(F)cc3C(=O)N(C)C(C)C)C2)C1. The Morgan fingerprint density at radius 2 is 1.90 bits per heavy atom. The van der Waals surface area contributed by atoms with E-state index in [1.807, 2.05) is 13.8 Å². The molecule has 232 valence electrons. The summed E-state index contributed by atoms with van der Waals surface area (Å²) in [4.78, 5) is 26.4. The van der Waals surface area contributed by atoms with E-state index in [1.165, 1.54) is 37.4 Å². The number of anilines is 1. The van der Waals surface area contributed by atoms with Gasteiger partial charge in [-0.05, 0) is 70.8 Å². The molecule has 0 N–H and O–H groups in total. The summed E-state index contributed by atoms with van der Waals surface area (Å²) in [6.45, 7) is 15.1. The van der Waals surface area contributed by atoms with Gasteiger partial charge < -0.3 is 24.2 Å². The number of carbonyl (C=O) groups is 1. The lowest BCUT2D eigenvalue weighted by atomic mass is 9.76. The lowest BCUT2D eigenvalue weighted by Crippen LogP contribution is -2.62. The molecular weight excluding hydrogens is 537 g/mol. The zero-order valence-corrected chi connectivity index (χ0v) is 26.3. The van der Waals surface area contributed by atoms with Gasteiger partial charge in [0, 0.05) is 64.4 Å². The maximum Gasteiger partial charge on any atom is 0.282 e. The lowest BCUT2D eigenvalue weighted by molar-refractivity contribution is -0.0345. The summed E-state index contributed by atoms with van der Waals surface area (Å²) in [5.41, 5.74) is 0.349. The number of hydrogen-bond acceptors (Lipinski definition) is 9. The monoisotopic (exact) mass is 585 g/mol. The minimum atomic E-state index is -0.505. The van der Waals surface area contributed by atoms with Crippen LogP contribution in [-0.2, 0) is 4.74 Å². The third-order valence-corrected chi connectivity index (χ3v) is 8.82. The smallest absolute Gasteiger partial charge is 0.282 e. The minimum absolute atomic E-state index is 0.0530. The summed E-state index contributed by atoms with van der Waals surface area (Å²) >= 11 is 0. The molecule has 3 heterocycles. The van der Waals surface area contributed by atoms with Gasteiger partial charge in [-0.15, -0.1) is 10.2 Å². The average Bonchev–Trinajstić information content (AvgIpc) is 3.39. The van der Waals surface area contributed by atoms with Crippen molar-refractivity contribution in [2.75, 3.05) is 72.0 Å². The van der Waals surface area contributed by atoms with Crippen LogP contribution in [0.1, 0.15) is 57.3 Å². The van der Waals surface area contributed by atoms with Crippen LogP contribution in [0.5, 0.6) is 11.6 Å². The number of ether oxygens (including phenoxy) is 2. The van der Waals surface area contributed by atoms with Crippen LogP contribution in [0.15, 0.2) is 24.5 Å². The largest absolute Gasteiger partial charge is 0.434 e. The molecule has 2 aliphatic rings. The topological polar surface area (TPSA) is 87.2 Å². The van der Waals surface area contributed by atoms with E-state index in [0.29, 0.717) is 17.8 Å². The molecule has 10 nitrogen and oxygen atoms in total. The number of aromatic nitrogens is 3. The zero-order valence-electron chi connectivity index (χ0n) is 26.3.